The molecule has 0 aliphatic carbocycles. The van der Waals surface area contributed by atoms with E-state index in [1.54, 1.807) is 11.8 Å². The van der Waals surface area contributed by atoms with E-state index in [0.29, 0.717) is 13.1 Å². The first kappa shape index (κ1) is 18.3. The van der Waals surface area contributed by atoms with Crippen LogP contribution < -0.4 is 0 Å². The van der Waals surface area contributed by atoms with Crippen molar-refractivity contribution in [3.63, 3.8) is 0 Å². The van der Waals surface area contributed by atoms with Crippen LogP contribution in [0.3, 0.4) is 0 Å². The molecule has 0 spiro atoms. The number of carboxylic acids is 1. The molecule has 0 aliphatic rings. The summed E-state index contributed by atoms with van der Waals surface area (Å²) < 4.78 is 5.34. The van der Waals surface area contributed by atoms with Crippen LogP contribution in [0, 0.1) is 0 Å². The predicted octanol–water partition coefficient (Wildman–Crippen LogP) is 3.85. The van der Waals surface area contributed by atoms with Gasteiger partial charge in [0, 0.05) is 19.2 Å². The summed E-state index contributed by atoms with van der Waals surface area (Å²) in [4.78, 5) is 24.7. The van der Waals surface area contributed by atoms with Crippen molar-refractivity contribution in [1.29, 1.82) is 0 Å². The Balaban J connectivity index is 2.09. The summed E-state index contributed by atoms with van der Waals surface area (Å²) in [5, 5.41) is 8.66. The minimum Gasteiger partial charge on any atom is -0.478 e. The number of carbonyl (C=O) groups is 2. The van der Waals surface area contributed by atoms with Gasteiger partial charge in [-0.05, 0) is 24.1 Å². The quantitative estimate of drug-likeness (QED) is 0.778. The Bertz CT molecular complexity index is 671. The summed E-state index contributed by atoms with van der Waals surface area (Å²) in [6.07, 6.45) is 1.19. The van der Waals surface area contributed by atoms with Gasteiger partial charge in [-0.15, -0.1) is 0 Å². The minimum absolute atomic E-state index is 0.407. The minimum atomic E-state index is -1.08. The van der Waals surface area contributed by atoms with E-state index in [2.05, 4.69) is 0 Å². The fourth-order valence-electron chi connectivity index (χ4n) is 2.28. The van der Waals surface area contributed by atoms with Crippen LogP contribution in [0.4, 0.5) is 4.79 Å². The number of benzene rings is 2. The third-order valence-corrected chi connectivity index (χ3v) is 3.49. The number of nitrogens with zero attached hydrogens (tertiary/aromatic N) is 1. The van der Waals surface area contributed by atoms with Crippen LogP contribution in [-0.2, 0) is 22.6 Å². The van der Waals surface area contributed by atoms with Gasteiger partial charge in [0.15, 0.2) is 0 Å². The Morgan fingerprint density at radius 2 is 1.48 bits per heavy atom. The van der Waals surface area contributed by atoms with Crippen molar-refractivity contribution in [1.82, 2.24) is 4.90 Å². The van der Waals surface area contributed by atoms with Gasteiger partial charge in [0.1, 0.15) is 6.10 Å². The van der Waals surface area contributed by atoms with E-state index >= 15 is 0 Å². The molecule has 1 amide bonds. The van der Waals surface area contributed by atoms with Crippen molar-refractivity contribution < 1.29 is 19.4 Å². The number of carbonyl (C=O) groups excluding carboxylic acids is 1. The maximum Gasteiger partial charge on any atom is 0.410 e. The lowest BCUT2D eigenvalue weighted by molar-refractivity contribution is -0.131. The van der Waals surface area contributed by atoms with Gasteiger partial charge in [0.05, 0.1) is 0 Å². The number of hydrogen-bond donors (Lipinski definition) is 1. The van der Waals surface area contributed by atoms with Crippen LogP contribution >= 0.6 is 0 Å². The maximum atomic E-state index is 12.5. The average molecular weight is 339 g/mol. The summed E-state index contributed by atoms with van der Waals surface area (Å²) in [5.74, 6) is -1.08. The van der Waals surface area contributed by atoms with Gasteiger partial charge in [-0.2, -0.15) is 0 Å². The van der Waals surface area contributed by atoms with Crippen molar-refractivity contribution in [2.75, 3.05) is 0 Å². The lowest BCUT2D eigenvalue weighted by atomic mass is 10.2. The molecule has 5 nitrogen and oxygen atoms in total. The summed E-state index contributed by atoms with van der Waals surface area (Å²) >= 11 is 0. The van der Waals surface area contributed by atoms with Crippen LogP contribution in [0.5, 0.6) is 0 Å². The Labute approximate surface area is 147 Å². The van der Waals surface area contributed by atoms with Gasteiger partial charge in [0.2, 0.25) is 0 Å². The molecule has 0 saturated carbocycles. The monoisotopic (exact) mass is 339 g/mol. The molecule has 0 bridgehead atoms. The van der Waals surface area contributed by atoms with Crippen LogP contribution in [0.2, 0.25) is 0 Å². The molecule has 0 fully saturated rings. The number of rotatable bonds is 7. The molecule has 5 heteroatoms. The average Bonchev–Trinajstić information content (AvgIpc) is 2.61. The van der Waals surface area contributed by atoms with E-state index in [4.69, 9.17) is 9.84 Å². The number of aliphatic carboxylic acids is 1. The molecule has 130 valence electrons. The maximum absolute atomic E-state index is 12.5. The molecule has 1 unspecified atom stereocenters. The second-order valence-corrected chi connectivity index (χ2v) is 5.61. The highest BCUT2D eigenvalue weighted by molar-refractivity contribution is 5.79. The lowest BCUT2D eigenvalue weighted by Gasteiger charge is -2.24. The zero-order chi connectivity index (χ0) is 18.1. The number of carboxylic acid groups (broad SMARTS) is 1. The van der Waals surface area contributed by atoms with E-state index in [9.17, 15) is 9.59 Å². The zero-order valence-electron chi connectivity index (χ0n) is 14.0. The van der Waals surface area contributed by atoms with Crippen LogP contribution in [0.25, 0.3) is 0 Å². The molecule has 0 heterocycles. The van der Waals surface area contributed by atoms with Crippen molar-refractivity contribution >= 4 is 12.1 Å². The third-order valence-electron chi connectivity index (χ3n) is 3.49. The normalized spacial score (nSPS) is 11.9. The summed E-state index contributed by atoms with van der Waals surface area (Å²) in [5.41, 5.74) is 1.98. The summed E-state index contributed by atoms with van der Waals surface area (Å²) in [6, 6.07) is 19.3. The highest BCUT2D eigenvalue weighted by atomic mass is 16.6. The van der Waals surface area contributed by atoms with Gasteiger partial charge in [-0.25, -0.2) is 9.59 Å². The van der Waals surface area contributed by atoms with Crippen LogP contribution in [0.15, 0.2) is 72.8 Å². The molecular formula is C20H21NO4. The standard InChI is InChI=1S/C20H21NO4/c1-16(12-13-19(22)23)25-20(24)21(14-17-8-4-2-5-9-17)15-18-10-6-3-7-11-18/h2-13,16H,14-15H2,1H3,(H,22,23). The van der Waals surface area contributed by atoms with E-state index in [-0.39, 0.29) is 0 Å². The molecule has 0 saturated heterocycles. The highest BCUT2D eigenvalue weighted by Gasteiger charge is 2.18. The van der Waals surface area contributed by atoms with Crippen molar-refractivity contribution in [3.8, 4) is 0 Å². The fraction of sp³-hybridized carbons (Fsp3) is 0.200. The van der Waals surface area contributed by atoms with Crippen LogP contribution in [0.1, 0.15) is 18.1 Å². The van der Waals surface area contributed by atoms with Crippen molar-refractivity contribution in [2.24, 2.45) is 0 Å². The topological polar surface area (TPSA) is 66.8 Å². The summed E-state index contributed by atoms with van der Waals surface area (Å²) in [6.45, 7) is 2.44. The molecular weight excluding hydrogens is 318 g/mol. The Morgan fingerprint density at radius 1 is 1.00 bits per heavy atom. The molecule has 1 N–H and O–H groups in total. The lowest BCUT2D eigenvalue weighted by Crippen LogP contribution is -2.32. The Kier molecular flexibility index (Phi) is 6.77. The second kappa shape index (κ2) is 9.27. The van der Waals surface area contributed by atoms with Gasteiger partial charge in [-0.3, -0.25) is 4.90 Å². The van der Waals surface area contributed by atoms with Crippen molar-refractivity contribution in [2.45, 2.75) is 26.1 Å². The number of amides is 1. The van der Waals surface area contributed by atoms with E-state index < -0.39 is 18.2 Å². The second-order valence-electron chi connectivity index (χ2n) is 5.61. The molecule has 2 aromatic rings. The third kappa shape index (κ3) is 6.51. The molecule has 0 radical (unpaired) electrons. The predicted molar refractivity (Wildman–Crippen MR) is 94.8 cm³/mol. The first-order valence-corrected chi connectivity index (χ1v) is 7.99. The highest BCUT2D eigenvalue weighted by Crippen LogP contribution is 2.12. The Hall–Kier alpha value is -3.08. The van der Waals surface area contributed by atoms with E-state index in [0.717, 1.165) is 17.2 Å². The number of ether oxygens (including phenoxy) is 1. The molecule has 2 rings (SSSR count). The smallest absolute Gasteiger partial charge is 0.410 e. The molecule has 25 heavy (non-hydrogen) atoms. The SMILES string of the molecule is CC(C=CC(=O)O)OC(=O)N(Cc1ccccc1)Cc1ccccc1. The molecule has 0 aliphatic heterocycles. The molecule has 1 atom stereocenters. The van der Waals surface area contributed by atoms with Crippen molar-refractivity contribution in [3.05, 3.63) is 83.9 Å². The largest absolute Gasteiger partial charge is 0.478 e. The van der Waals surface area contributed by atoms with Crippen LogP contribution in [-0.4, -0.2) is 28.2 Å². The van der Waals surface area contributed by atoms with Gasteiger partial charge in [-0.1, -0.05) is 60.7 Å². The first-order valence-electron chi connectivity index (χ1n) is 7.99. The first-order chi connectivity index (χ1) is 12.0. The van der Waals surface area contributed by atoms with E-state index in [1.165, 1.54) is 6.08 Å². The number of hydrogen-bond acceptors (Lipinski definition) is 3. The Morgan fingerprint density at radius 3 is 1.92 bits per heavy atom. The summed E-state index contributed by atoms with van der Waals surface area (Å²) in [7, 11) is 0. The van der Waals surface area contributed by atoms with Gasteiger partial charge < -0.3 is 9.84 Å². The zero-order valence-corrected chi connectivity index (χ0v) is 14.0. The van der Waals surface area contributed by atoms with Gasteiger partial charge in [0.25, 0.3) is 0 Å². The molecule has 2 aromatic carbocycles. The van der Waals surface area contributed by atoms with E-state index in [1.807, 2.05) is 60.7 Å². The van der Waals surface area contributed by atoms with Gasteiger partial charge >= 0.3 is 12.1 Å². The molecule has 0 aromatic heterocycles. The fourth-order valence-corrected chi connectivity index (χ4v) is 2.28.